The second kappa shape index (κ2) is 8.48. The lowest BCUT2D eigenvalue weighted by molar-refractivity contribution is -0.134. The van der Waals surface area contributed by atoms with Crippen molar-refractivity contribution in [3.8, 4) is 0 Å². The van der Waals surface area contributed by atoms with E-state index in [0.717, 1.165) is 12.7 Å². The summed E-state index contributed by atoms with van der Waals surface area (Å²) in [5.74, 6) is -0.394. The minimum Gasteiger partial charge on any atom is -0.466 e. The third-order valence-corrected chi connectivity index (χ3v) is 2.81. The van der Waals surface area contributed by atoms with Crippen LogP contribution in [0.3, 0.4) is 0 Å². The average molecular weight is 188 g/mol. The van der Waals surface area contributed by atoms with E-state index >= 15 is 0 Å². The van der Waals surface area contributed by atoms with E-state index in [9.17, 15) is 4.79 Å². The van der Waals surface area contributed by atoms with Gasteiger partial charge in [-0.2, -0.15) is 0 Å². The summed E-state index contributed by atoms with van der Waals surface area (Å²) in [6, 6.07) is 1.42. The second-order valence-electron chi connectivity index (χ2n) is 2.40. The standard InChI is InChI=1S/C4H6O2.C4H10OSi/c1-3-4(5)6-2;1-2-4-6-5-3-1/h3H,1H2,2H3;1-4,6H2. The zero-order valence-electron chi connectivity index (χ0n) is 7.54. The molecule has 1 aliphatic heterocycles. The van der Waals surface area contributed by atoms with Crippen molar-refractivity contribution in [3.63, 3.8) is 0 Å². The van der Waals surface area contributed by atoms with Crippen LogP contribution in [0, 0.1) is 0 Å². The van der Waals surface area contributed by atoms with Gasteiger partial charge in [0, 0.05) is 12.7 Å². The van der Waals surface area contributed by atoms with Gasteiger partial charge in [0.25, 0.3) is 0 Å². The fourth-order valence-electron chi connectivity index (χ4n) is 0.770. The van der Waals surface area contributed by atoms with Gasteiger partial charge in [0.1, 0.15) is 0 Å². The summed E-state index contributed by atoms with van der Waals surface area (Å²) in [5, 5.41) is 0. The lowest BCUT2D eigenvalue weighted by Gasteiger charge is -2.07. The van der Waals surface area contributed by atoms with Crippen LogP contribution in [0.5, 0.6) is 0 Å². The summed E-state index contributed by atoms with van der Waals surface area (Å²) in [4.78, 5) is 9.84. The molecule has 0 aromatic heterocycles. The van der Waals surface area contributed by atoms with Crippen LogP contribution in [0.25, 0.3) is 0 Å². The Morgan fingerprint density at radius 2 is 2.42 bits per heavy atom. The van der Waals surface area contributed by atoms with Crippen molar-refractivity contribution in [1.29, 1.82) is 0 Å². The van der Waals surface area contributed by atoms with Crippen molar-refractivity contribution >= 4 is 15.7 Å². The Balaban J connectivity index is 0.000000202. The molecule has 4 heteroatoms. The van der Waals surface area contributed by atoms with E-state index < -0.39 is 5.97 Å². The minimum atomic E-state index is -0.394. The molecule has 0 spiro atoms. The van der Waals surface area contributed by atoms with Crippen molar-refractivity contribution in [1.82, 2.24) is 0 Å². The second-order valence-corrected chi connectivity index (χ2v) is 3.92. The van der Waals surface area contributed by atoms with Gasteiger partial charge >= 0.3 is 5.97 Å². The molecule has 12 heavy (non-hydrogen) atoms. The van der Waals surface area contributed by atoms with Gasteiger partial charge in [-0.05, 0) is 12.5 Å². The van der Waals surface area contributed by atoms with Crippen molar-refractivity contribution in [2.45, 2.75) is 18.9 Å². The molecule has 1 rings (SSSR count). The van der Waals surface area contributed by atoms with E-state index in [2.05, 4.69) is 11.3 Å². The first-order valence-electron chi connectivity index (χ1n) is 4.09. The highest BCUT2D eigenvalue weighted by molar-refractivity contribution is 6.27. The largest absolute Gasteiger partial charge is 0.466 e. The van der Waals surface area contributed by atoms with Gasteiger partial charge in [-0.25, -0.2) is 4.79 Å². The predicted octanol–water partition coefficient (Wildman–Crippen LogP) is 0.644. The van der Waals surface area contributed by atoms with E-state index in [1.807, 2.05) is 0 Å². The van der Waals surface area contributed by atoms with Crippen LogP contribution in [-0.4, -0.2) is 29.4 Å². The Labute approximate surface area is 75.7 Å². The molecule has 0 aromatic carbocycles. The zero-order valence-corrected chi connectivity index (χ0v) is 8.96. The number of methoxy groups -OCH3 is 1. The molecule has 1 fully saturated rings. The first-order chi connectivity index (χ1) is 5.81. The van der Waals surface area contributed by atoms with Gasteiger partial charge in [0.15, 0.2) is 9.76 Å². The SMILES string of the molecule is C1CC[SiH2]OC1.C=CC(=O)OC. The zero-order chi connectivity index (χ0) is 9.23. The Morgan fingerprint density at radius 3 is 2.50 bits per heavy atom. The maximum absolute atomic E-state index is 9.84. The normalized spacial score (nSPS) is 17.4. The van der Waals surface area contributed by atoms with Crippen LogP contribution in [-0.2, 0) is 14.0 Å². The number of carbonyl (C=O) groups excluding carboxylic acids is 1. The van der Waals surface area contributed by atoms with Crippen molar-refractivity contribution < 1.29 is 14.0 Å². The molecule has 0 saturated carbocycles. The predicted molar refractivity (Wildman–Crippen MR) is 50.8 cm³/mol. The first kappa shape index (κ1) is 11.4. The fourth-order valence-corrected chi connectivity index (χ4v) is 1.94. The molecule has 0 N–H and O–H groups in total. The van der Waals surface area contributed by atoms with E-state index in [0.29, 0.717) is 0 Å². The van der Waals surface area contributed by atoms with Crippen LogP contribution >= 0.6 is 0 Å². The van der Waals surface area contributed by atoms with Crippen LogP contribution in [0.4, 0.5) is 0 Å². The van der Waals surface area contributed by atoms with Crippen molar-refractivity contribution in [3.05, 3.63) is 12.7 Å². The average Bonchev–Trinajstić information content (AvgIpc) is 2.20. The van der Waals surface area contributed by atoms with Crippen molar-refractivity contribution in [2.75, 3.05) is 13.7 Å². The Morgan fingerprint density at radius 1 is 1.67 bits per heavy atom. The van der Waals surface area contributed by atoms with E-state index in [1.165, 1.54) is 26.0 Å². The Kier molecular flexibility index (Phi) is 8.05. The van der Waals surface area contributed by atoms with Crippen molar-refractivity contribution in [2.24, 2.45) is 0 Å². The molecule has 0 atom stereocenters. The van der Waals surface area contributed by atoms with E-state index in [4.69, 9.17) is 4.43 Å². The molecule has 70 valence electrons. The van der Waals surface area contributed by atoms with Gasteiger partial charge in [-0.3, -0.25) is 0 Å². The molecule has 0 aliphatic carbocycles. The molecule has 0 unspecified atom stereocenters. The molecule has 1 heterocycles. The highest BCUT2D eigenvalue weighted by Crippen LogP contribution is 2.01. The number of esters is 1. The number of hydrogen-bond acceptors (Lipinski definition) is 3. The quantitative estimate of drug-likeness (QED) is 0.344. The molecular weight excluding hydrogens is 172 g/mol. The first-order valence-corrected chi connectivity index (χ1v) is 5.67. The molecule has 1 saturated heterocycles. The van der Waals surface area contributed by atoms with E-state index in [1.54, 1.807) is 0 Å². The molecule has 3 nitrogen and oxygen atoms in total. The van der Waals surface area contributed by atoms with Crippen LogP contribution in [0.1, 0.15) is 12.8 Å². The van der Waals surface area contributed by atoms with Crippen LogP contribution in [0.2, 0.25) is 6.04 Å². The maximum Gasteiger partial charge on any atom is 0.329 e. The lowest BCUT2D eigenvalue weighted by atomic mass is 10.4. The summed E-state index contributed by atoms with van der Waals surface area (Å²) in [5.41, 5.74) is 0. The molecule has 0 amide bonds. The molecule has 1 aliphatic rings. The van der Waals surface area contributed by atoms with Gasteiger partial charge in [0.05, 0.1) is 7.11 Å². The number of rotatable bonds is 1. The van der Waals surface area contributed by atoms with Crippen LogP contribution in [0.15, 0.2) is 12.7 Å². The van der Waals surface area contributed by atoms with Gasteiger partial charge in [-0.1, -0.05) is 13.0 Å². The van der Waals surface area contributed by atoms with Gasteiger partial charge in [0.2, 0.25) is 0 Å². The third kappa shape index (κ3) is 7.49. The minimum absolute atomic E-state index is 0.00849. The van der Waals surface area contributed by atoms with Crippen LogP contribution < -0.4 is 0 Å². The number of hydrogen-bond donors (Lipinski definition) is 0. The summed E-state index contributed by atoms with van der Waals surface area (Å²) in [7, 11) is 1.32. The molecule has 0 bridgehead atoms. The lowest BCUT2D eigenvalue weighted by Crippen LogP contribution is -2.06. The number of carbonyl (C=O) groups is 1. The Hall–Kier alpha value is -0.613. The summed E-state index contributed by atoms with van der Waals surface area (Å²) < 4.78 is 9.35. The summed E-state index contributed by atoms with van der Waals surface area (Å²) in [6.45, 7) is 4.22. The number of ether oxygens (including phenoxy) is 1. The third-order valence-electron chi connectivity index (χ3n) is 1.45. The summed E-state index contributed by atoms with van der Waals surface area (Å²) >= 11 is 0. The highest BCUT2D eigenvalue weighted by atomic mass is 28.2. The fraction of sp³-hybridized carbons (Fsp3) is 0.625. The Bertz CT molecular complexity index is 121. The molecule has 0 aromatic rings. The highest BCUT2D eigenvalue weighted by Gasteiger charge is 1.96. The van der Waals surface area contributed by atoms with Gasteiger partial charge in [-0.15, -0.1) is 0 Å². The molecular formula is C8H16O3Si. The molecule has 0 radical (unpaired) electrons. The smallest absolute Gasteiger partial charge is 0.329 e. The topological polar surface area (TPSA) is 35.5 Å². The summed E-state index contributed by atoms with van der Waals surface area (Å²) in [6.07, 6.45) is 3.86. The monoisotopic (exact) mass is 188 g/mol. The maximum atomic E-state index is 9.84. The van der Waals surface area contributed by atoms with E-state index in [-0.39, 0.29) is 9.76 Å². The van der Waals surface area contributed by atoms with Gasteiger partial charge < -0.3 is 9.16 Å².